The maximum atomic E-state index is 13.1. The minimum absolute atomic E-state index is 0.000186. The molecule has 3 heterocycles. The number of aryl methyl sites for hydroxylation is 1. The summed E-state index contributed by atoms with van der Waals surface area (Å²) in [5.41, 5.74) is 2.38. The predicted octanol–water partition coefficient (Wildman–Crippen LogP) is 2.39. The number of hydrogen-bond donors (Lipinski definition) is 1. The van der Waals surface area contributed by atoms with Crippen molar-refractivity contribution in [3.63, 3.8) is 0 Å². The Morgan fingerprint density at radius 3 is 2.77 bits per heavy atom. The number of piperidine rings is 1. The van der Waals surface area contributed by atoms with Gasteiger partial charge in [-0.1, -0.05) is 24.3 Å². The molecule has 0 saturated carbocycles. The summed E-state index contributed by atoms with van der Waals surface area (Å²) in [6.45, 7) is 3.35. The van der Waals surface area contributed by atoms with Gasteiger partial charge >= 0.3 is 0 Å². The average Bonchev–Trinajstić information content (AvgIpc) is 3.31. The minimum atomic E-state index is -0.282. The molecule has 0 aliphatic carbocycles. The third-order valence-corrected chi connectivity index (χ3v) is 5.73. The van der Waals surface area contributed by atoms with Crippen molar-refractivity contribution < 1.29 is 9.59 Å². The van der Waals surface area contributed by atoms with Gasteiger partial charge < -0.3 is 10.2 Å². The highest BCUT2D eigenvalue weighted by Gasteiger charge is 2.32. The van der Waals surface area contributed by atoms with Crippen molar-refractivity contribution in [1.82, 2.24) is 30.0 Å². The summed E-state index contributed by atoms with van der Waals surface area (Å²) in [5.74, 6) is -0.0589. The Bertz CT molecular complexity index is 1020. The Kier molecular flexibility index (Phi) is 6.35. The van der Waals surface area contributed by atoms with Crippen molar-refractivity contribution in [3.05, 3.63) is 78.1 Å². The molecule has 1 aliphatic heterocycles. The molecule has 1 aliphatic rings. The zero-order valence-electron chi connectivity index (χ0n) is 17.5. The van der Waals surface area contributed by atoms with Gasteiger partial charge in [0, 0.05) is 30.8 Å². The van der Waals surface area contributed by atoms with E-state index in [0.717, 1.165) is 24.1 Å². The molecule has 1 N–H and O–H groups in total. The standard InChI is InChI=1S/C23H26N6O2/c1-17-7-2-3-9-19(17)23(31)27-22(20-10-4-5-11-25-20)18-8-6-12-28(13-18)21(30)14-29-16-24-15-26-29/h2-5,7,9-11,15-16,18,22H,6,8,12-14H2,1H3,(H,27,31)/t18-,22-/m1/s1. The van der Waals surface area contributed by atoms with Crippen molar-refractivity contribution in [1.29, 1.82) is 0 Å². The quantitative estimate of drug-likeness (QED) is 0.664. The molecular formula is C23H26N6O2. The summed E-state index contributed by atoms with van der Waals surface area (Å²) < 4.78 is 1.53. The average molecular weight is 419 g/mol. The van der Waals surface area contributed by atoms with Crippen LogP contribution in [0, 0.1) is 12.8 Å². The number of hydrogen-bond acceptors (Lipinski definition) is 5. The highest BCUT2D eigenvalue weighted by molar-refractivity contribution is 5.95. The second kappa shape index (κ2) is 9.51. The van der Waals surface area contributed by atoms with Crippen molar-refractivity contribution in [2.45, 2.75) is 32.4 Å². The van der Waals surface area contributed by atoms with Gasteiger partial charge in [0.1, 0.15) is 19.2 Å². The van der Waals surface area contributed by atoms with Crippen LogP contribution in [0.2, 0.25) is 0 Å². The first kappa shape index (κ1) is 20.7. The predicted molar refractivity (Wildman–Crippen MR) is 115 cm³/mol. The Hall–Kier alpha value is -3.55. The number of pyridine rings is 1. The fourth-order valence-electron chi connectivity index (χ4n) is 4.10. The Balaban J connectivity index is 1.53. The summed E-state index contributed by atoms with van der Waals surface area (Å²) in [4.78, 5) is 36.1. The van der Waals surface area contributed by atoms with E-state index in [1.54, 1.807) is 12.5 Å². The number of likely N-dealkylation sites (tertiary alicyclic amines) is 1. The number of carbonyl (C=O) groups is 2. The zero-order valence-corrected chi connectivity index (χ0v) is 17.5. The number of carbonyl (C=O) groups excluding carboxylic acids is 2. The number of nitrogens with zero attached hydrogens (tertiary/aromatic N) is 5. The lowest BCUT2D eigenvalue weighted by atomic mass is 9.88. The fraction of sp³-hybridized carbons (Fsp3) is 0.348. The van der Waals surface area contributed by atoms with Crippen molar-refractivity contribution >= 4 is 11.8 Å². The molecule has 0 bridgehead atoms. The summed E-state index contributed by atoms with van der Waals surface area (Å²) in [6.07, 6.45) is 6.47. The molecule has 0 unspecified atom stereocenters. The van der Waals surface area contributed by atoms with Crippen LogP contribution in [-0.2, 0) is 11.3 Å². The van der Waals surface area contributed by atoms with E-state index in [-0.39, 0.29) is 30.3 Å². The van der Waals surface area contributed by atoms with Gasteiger partial charge in [-0.05, 0) is 43.5 Å². The summed E-state index contributed by atoms with van der Waals surface area (Å²) in [7, 11) is 0. The largest absolute Gasteiger partial charge is 0.343 e. The highest BCUT2D eigenvalue weighted by atomic mass is 16.2. The van der Waals surface area contributed by atoms with Crippen LogP contribution in [0.3, 0.4) is 0 Å². The van der Waals surface area contributed by atoms with Crippen LogP contribution in [0.5, 0.6) is 0 Å². The smallest absolute Gasteiger partial charge is 0.252 e. The molecule has 0 radical (unpaired) electrons. The van der Waals surface area contributed by atoms with E-state index >= 15 is 0 Å². The van der Waals surface area contributed by atoms with Crippen LogP contribution in [0.25, 0.3) is 0 Å². The molecule has 0 spiro atoms. The van der Waals surface area contributed by atoms with Crippen molar-refractivity contribution in [3.8, 4) is 0 Å². The van der Waals surface area contributed by atoms with E-state index in [9.17, 15) is 9.59 Å². The molecule has 2 amide bonds. The van der Waals surface area contributed by atoms with Crippen LogP contribution < -0.4 is 5.32 Å². The van der Waals surface area contributed by atoms with Gasteiger partial charge in [-0.2, -0.15) is 5.10 Å². The number of nitrogens with one attached hydrogen (secondary N) is 1. The van der Waals surface area contributed by atoms with Gasteiger partial charge in [0.05, 0.1) is 11.7 Å². The van der Waals surface area contributed by atoms with Crippen molar-refractivity contribution in [2.24, 2.45) is 5.92 Å². The molecule has 1 saturated heterocycles. The minimum Gasteiger partial charge on any atom is -0.343 e. The molecule has 1 aromatic carbocycles. The maximum Gasteiger partial charge on any atom is 0.252 e. The number of benzene rings is 1. The maximum absolute atomic E-state index is 13.1. The van der Waals surface area contributed by atoms with Crippen LogP contribution in [-0.4, -0.2) is 49.6 Å². The van der Waals surface area contributed by atoms with Crippen LogP contribution in [0.4, 0.5) is 0 Å². The van der Waals surface area contributed by atoms with Crippen molar-refractivity contribution in [2.75, 3.05) is 13.1 Å². The highest BCUT2D eigenvalue weighted by Crippen LogP contribution is 2.29. The van der Waals surface area contributed by atoms with Crippen LogP contribution in [0.1, 0.15) is 40.5 Å². The molecule has 8 nitrogen and oxygen atoms in total. The van der Waals surface area contributed by atoms with Crippen LogP contribution in [0.15, 0.2) is 61.3 Å². The molecule has 1 fully saturated rings. The third kappa shape index (κ3) is 4.96. The molecule has 31 heavy (non-hydrogen) atoms. The van der Waals surface area contributed by atoms with Gasteiger partial charge in [0.2, 0.25) is 5.91 Å². The molecular weight excluding hydrogens is 392 g/mol. The first-order valence-corrected chi connectivity index (χ1v) is 10.5. The second-order valence-electron chi connectivity index (χ2n) is 7.86. The Labute approximate surface area is 181 Å². The van der Waals surface area contributed by atoms with Gasteiger partial charge in [-0.3, -0.25) is 14.6 Å². The summed E-state index contributed by atoms with van der Waals surface area (Å²) >= 11 is 0. The molecule has 4 rings (SSSR count). The van der Waals surface area contributed by atoms with Gasteiger partial charge in [-0.15, -0.1) is 0 Å². The Morgan fingerprint density at radius 2 is 2.03 bits per heavy atom. The van der Waals surface area contributed by atoms with E-state index in [0.29, 0.717) is 18.7 Å². The van der Waals surface area contributed by atoms with Crippen LogP contribution >= 0.6 is 0 Å². The molecule has 3 aromatic rings. The first-order valence-electron chi connectivity index (χ1n) is 10.5. The summed E-state index contributed by atoms with van der Waals surface area (Å²) in [6, 6.07) is 13.0. The SMILES string of the molecule is Cc1ccccc1C(=O)N[C@@H](c1ccccn1)[C@@H]1CCCN(C(=O)Cn2cncn2)C1. The van der Waals surface area contributed by atoms with E-state index < -0.39 is 0 Å². The lowest BCUT2D eigenvalue weighted by molar-refractivity contribution is -0.134. The first-order chi connectivity index (χ1) is 15.1. The zero-order chi connectivity index (χ0) is 21.6. The lowest BCUT2D eigenvalue weighted by Crippen LogP contribution is -2.46. The van der Waals surface area contributed by atoms with E-state index in [1.165, 1.54) is 11.0 Å². The number of aromatic nitrogens is 4. The normalized spacial score (nSPS) is 17.2. The number of amides is 2. The van der Waals surface area contributed by atoms with E-state index in [4.69, 9.17) is 0 Å². The van der Waals surface area contributed by atoms with Gasteiger partial charge in [-0.25, -0.2) is 9.67 Å². The van der Waals surface area contributed by atoms with Gasteiger partial charge in [0.15, 0.2) is 0 Å². The monoisotopic (exact) mass is 418 g/mol. The fourth-order valence-corrected chi connectivity index (χ4v) is 4.10. The molecule has 160 valence electrons. The lowest BCUT2D eigenvalue weighted by Gasteiger charge is -2.37. The molecule has 8 heteroatoms. The van der Waals surface area contributed by atoms with Gasteiger partial charge in [0.25, 0.3) is 5.91 Å². The van der Waals surface area contributed by atoms with E-state index in [2.05, 4.69) is 20.4 Å². The molecule has 2 atom stereocenters. The second-order valence-corrected chi connectivity index (χ2v) is 7.86. The number of rotatable bonds is 6. The third-order valence-electron chi connectivity index (χ3n) is 5.73. The summed E-state index contributed by atoms with van der Waals surface area (Å²) in [5, 5.41) is 7.22. The molecule has 2 aromatic heterocycles. The topological polar surface area (TPSA) is 93.0 Å². The van der Waals surface area contributed by atoms with E-state index in [1.807, 2.05) is 54.3 Å². The Morgan fingerprint density at radius 1 is 1.19 bits per heavy atom.